The van der Waals surface area contributed by atoms with E-state index in [0.29, 0.717) is 29.3 Å². The number of nitrogens with one attached hydrogen (secondary N) is 2. The van der Waals surface area contributed by atoms with Gasteiger partial charge in [-0.25, -0.2) is 0 Å². The lowest BCUT2D eigenvalue weighted by Gasteiger charge is -2.79. The van der Waals surface area contributed by atoms with Crippen molar-refractivity contribution >= 4 is 41.1 Å². The molecule has 346 valence electrons. The number of aliphatic hydroxyl groups excluding tert-OH is 1. The van der Waals surface area contributed by atoms with Crippen LogP contribution in [0.15, 0.2) is 35.4 Å². The van der Waals surface area contributed by atoms with Gasteiger partial charge < -0.3 is 31.3 Å². The van der Waals surface area contributed by atoms with E-state index in [1.165, 1.54) is 0 Å². The number of Topliss-reactive ketones (excluding diaryl/α,β-unsaturated/α-hetero) is 1. The highest BCUT2D eigenvalue weighted by atomic mass is 35.5. The van der Waals surface area contributed by atoms with Crippen LogP contribution in [0.1, 0.15) is 149 Å². The Balaban J connectivity index is 1.02. The number of aliphatic hydroxyl groups is 1. The third-order valence-electron chi connectivity index (χ3n) is 20.3. The van der Waals surface area contributed by atoms with Crippen LogP contribution in [-0.4, -0.2) is 71.1 Å². The number of carboxylic acid groups (broad SMARTS) is 1. The van der Waals surface area contributed by atoms with E-state index in [1.54, 1.807) is 24.3 Å². The third kappa shape index (κ3) is 6.48. The number of halogens is 1. The van der Waals surface area contributed by atoms with Gasteiger partial charge in [0.1, 0.15) is 12.1 Å². The van der Waals surface area contributed by atoms with Gasteiger partial charge in [-0.1, -0.05) is 72.6 Å². The second kappa shape index (κ2) is 15.7. The summed E-state index contributed by atoms with van der Waals surface area (Å²) >= 11 is 6.02. The molecule has 6 saturated carbocycles. The quantitative estimate of drug-likeness (QED) is 0.130. The fourth-order valence-electron chi connectivity index (χ4n) is 16.2. The van der Waals surface area contributed by atoms with Gasteiger partial charge >= 0.3 is 11.9 Å². The van der Waals surface area contributed by atoms with Crippen LogP contribution in [0, 0.1) is 67.5 Å². The minimum absolute atomic E-state index is 0.0117. The molecule has 63 heavy (non-hydrogen) atoms. The zero-order valence-electron chi connectivity index (χ0n) is 38.8. The Hall–Kier alpha value is -3.28. The molecule has 0 bridgehead atoms. The number of fused-ring (bicyclic) bond motifs is 6. The number of hydrogen-bond acceptors (Lipinski definition) is 8. The first-order valence-corrected chi connectivity index (χ1v) is 24.3. The molecular weight excluding hydrogens is 818 g/mol. The topological polar surface area (TPSA) is 185 Å². The molecule has 8 rings (SSSR count). The summed E-state index contributed by atoms with van der Waals surface area (Å²) in [7, 11) is 0. The molecule has 2 amide bonds. The molecule has 1 aromatic carbocycles. The highest BCUT2D eigenvalue weighted by Gasteiger charge is 2.78. The minimum atomic E-state index is -1.00. The number of carbonyl (C=O) groups excluding carboxylic acids is 4. The van der Waals surface area contributed by atoms with Crippen molar-refractivity contribution in [2.75, 3.05) is 13.1 Å². The van der Waals surface area contributed by atoms with Gasteiger partial charge in [0.05, 0.1) is 17.9 Å². The number of amides is 2. The van der Waals surface area contributed by atoms with Crippen molar-refractivity contribution in [2.45, 2.75) is 157 Å². The molecule has 7 aliphatic carbocycles. The van der Waals surface area contributed by atoms with Gasteiger partial charge in [0.2, 0.25) is 5.91 Å². The summed E-state index contributed by atoms with van der Waals surface area (Å²) in [5.74, 6) is -2.24. The van der Waals surface area contributed by atoms with Crippen molar-refractivity contribution in [3.8, 4) is 0 Å². The predicted octanol–water partition coefficient (Wildman–Crippen LogP) is 8.05. The maximum atomic E-state index is 14.3. The van der Waals surface area contributed by atoms with Gasteiger partial charge in [-0.15, -0.1) is 0 Å². The largest absolute Gasteiger partial charge is 0.481 e. The zero-order chi connectivity index (χ0) is 45.9. The standard InChI is InChI=1S/C51H72ClN3O8/c1-28(2)39-35(56)26-50(37(57)27-54-42(59)34(16-24-53)55-41(58)29-9-11-30(52)12-10-29)21-18-46(5)31(40(39)50)13-14-36-47(46,6)19-22-51-23-20-49(51,8)38(15-17-48(36,51)7)63-44(62)33-25-32(43(60)61)45(33,3)4/h9-12,28,31-34,36-38,57H,13-27,53H2,1-8H3,(H,54,59)(H,55,58)(H,60,61)/t31-,32+,33-,34?,36+,37+,38+,46-,47-,48-,49-,50+,51+/m1/s1. The van der Waals surface area contributed by atoms with Gasteiger partial charge in [-0.05, 0) is 158 Å². The molecule has 0 aliphatic heterocycles. The van der Waals surface area contributed by atoms with Crippen LogP contribution in [-0.2, 0) is 23.9 Å². The summed E-state index contributed by atoms with van der Waals surface area (Å²) in [6.07, 6.45) is 9.04. The van der Waals surface area contributed by atoms with Gasteiger partial charge in [0.25, 0.3) is 5.91 Å². The first kappa shape index (κ1) is 46.3. The Bertz CT molecular complexity index is 2100. The molecule has 1 unspecified atom stereocenters. The summed E-state index contributed by atoms with van der Waals surface area (Å²) in [6.45, 7) is 18.0. The number of benzene rings is 1. The number of hydrogen-bond donors (Lipinski definition) is 5. The summed E-state index contributed by atoms with van der Waals surface area (Å²) in [5.41, 5.74) is 6.56. The van der Waals surface area contributed by atoms with Crippen LogP contribution in [0.4, 0.5) is 0 Å². The lowest BCUT2D eigenvalue weighted by molar-refractivity contribution is -0.321. The molecule has 0 aromatic heterocycles. The summed E-state index contributed by atoms with van der Waals surface area (Å²) in [5, 5.41) is 28.4. The Labute approximate surface area is 378 Å². The second-order valence-electron chi connectivity index (χ2n) is 23.0. The Morgan fingerprint density at radius 2 is 1.51 bits per heavy atom. The Morgan fingerprint density at radius 1 is 0.857 bits per heavy atom. The number of ketones is 1. The van der Waals surface area contributed by atoms with E-state index in [2.05, 4.69) is 52.2 Å². The molecule has 1 aromatic rings. The van der Waals surface area contributed by atoms with E-state index < -0.39 is 52.6 Å². The van der Waals surface area contributed by atoms with E-state index in [0.717, 1.165) is 68.9 Å². The summed E-state index contributed by atoms with van der Waals surface area (Å²) in [4.78, 5) is 66.7. The Morgan fingerprint density at radius 3 is 2.11 bits per heavy atom. The van der Waals surface area contributed by atoms with Crippen LogP contribution >= 0.6 is 11.6 Å². The molecular formula is C51H72ClN3O8. The molecule has 11 nitrogen and oxygen atoms in total. The van der Waals surface area contributed by atoms with Gasteiger partial charge in [-0.2, -0.15) is 0 Å². The monoisotopic (exact) mass is 890 g/mol. The van der Waals surface area contributed by atoms with E-state index in [9.17, 15) is 34.2 Å². The molecule has 0 saturated heterocycles. The average molecular weight is 891 g/mol. The molecule has 7 aliphatic rings. The summed E-state index contributed by atoms with van der Waals surface area (Å²) in [6, 6.07) is 5.52. The normalized spacial score (nSPS) is 40.7. The number of esters is 1. The maximum Gasteiger partial charge on any atom is 0.309 e. The lowest BCUT2D eigenvalue weighted by Crippen LogP contribution is -2.74. The van der Waals surface area contributed by atoms with Crippen molar-refractivity contribution in [3.63, 3.8) is 0 Å². The number of aliphatic carboxylic acids is 1. The van der Waals surface area contributed by atoms with Crippen molar-refractivity contribution in [1.29, 1.82) is 0 Å². The van der Waals surface area contributed by atoms with Crippen molar-refractivity contribution in [2.24, 2.45) is 73.2 Å². The highest BCUT2D eigenvalue weighted by Crippen LogP contribution is 2.84. The molecule has 1 spiro atoms. The molecule has 0 heterocycles. The average Bonchev–Trinajstić information content (AvgIpc) is 3.53. The van der Waals surface area contributed by atoms with Gasteiger partial charge in [0.15, 0.2) is 5.78 Å². The SMILES string of the molecule is CC(C)C1=C2[C@H]3CC[C@@H]4[C@@]5(C)CC[C@H](OC(=O)[C@H]6C[C@@H](C(=O)O)C6(C)C)[C@@]6(C)CC[C@]65CC[C@@]4(C)[C@]3(C)CC[C@@]2([C@@H](O)CNC(=O)C(CCN)NC(=O)c2ccc(Cl)cc2)CC1=O. The first-order chi connectivity index (χ1) is 29.5. The Kier molecular flexibility index (Phi) is 11.5. The molecule has 0 radical (unpaired) electrons. The lowest BCUT2D eigenvalue weighted by atomic mass is 9.25. The predicted molar refractivity (Wildman–Crippen MR) is 240 cm³/mol. The smallest absolute Gasteiger partial charge is 0.309 e. The van der Waals surface area contributed by atoms with Crippen molar-refractivity contribution in [1.82, 2.24) is 10.6 Å². The van der Waals surface area contributed by atoms with E-state index in [1.807, 2.05) is 13.8 Å². The van der Waals surface area contributed by atoms with E-state index >= 15 is 0 Å². The second-order valence-corrected chi connectivity index (χ2v) is 23.4. The van der Waals surface area contributed by atoms with Crippen LogP contribution in [0.3, 0.4) is 0 Å². The number of rotatable bonds is 12. The van der Waals surface area contributed by atoms with Crippen LogP contribution in [0.5, 0.6) is 0 Å². The van der Waals surface area contributed by atoms with Crippen LogP contribution in [0.25, 0.3) is 0 Å². The fraction of sp³-hybridized carbons (Fsp3) is 0.745. The fourth-order valence-corrected chi connectivity index (χ4v) is 16.4. The van der Waals surface area contributed by atoms with Gasteiger partial charge in [-0.3, -0.25) is 24.0 Å². The first-order valence-electron chi connectivity index (χ1n) is 23.9. The molecule has 6 N–H and O–H groups in total. The molecule has 6 fully saturated rings. The summed E-state index contributed by atoms with van der Waals surface area (Å²) < 4.78 is 6.53. The maximum absolute atomic E-state index is 14.3. The highest BCUT2D eigenvalue weighted by molar-refractivity contribution is 6.30. The van der Waals surface area contributed by atoms with E-state index in [4.69, 9.17) is 22.1 Å². The number of ether oxygens (including phenoxy) is 1. The molecule has 13 atom stereocenters. The number of nitrogens with two attached hydrogens (primary N) is 1. The van der Waals surface area contributed by atoms with Crippen LogP contribution in [0.2, 0.25) is 5.02 Å². The van der Waals surface area contributed by atoms with Crippen LogP contribution < -0.4 is 16.4 Å². The minimum Gasteiger partial charge on any atom is -0.481 e. The van der Waals surface area contributed by atoms with E-state index in [-0.39, 0.29) is 82.7 Å². The van der Waals surface area contributed by atoms with Gasteiger partial charge in [0, 0.05) is 34.4 Å². The number of carbonyl (C=O) groups is 5. The van der Waals surface area contributed by atoms with Crippen molar-refractivity contribution in [3.05, 3.63) is 46.0 Å². The molecule has 12 heteroatoms. The zero-order valence-corrected chi connectivity index (χ0v) is 39.6. The number of allylic oxidation sites excluding steroid dienone is 1. The van der Waals surface area contributed by atoms with Crippen molar-refractivity contribution < 1.29 is 38.9 Å². The number of carboxylic acids is 1. The third-order valence-corrected chi connectivity index (χ3v) is 20.6.